The first kappa shape index (κ1) is 6.71. The Hall–Kier alpha value is -0.410. The summed E-state index contributed by atoms with van der Waals surface area (Å²) in [6.45, 7) is 0. The maximum atomic E-state index is 10.5. The van der Waals surface area contributed by atoms with Crippen molar-refractivity contribution in [3.8, 4) is 0 Å². The SMILES string of the molecule is O=C1CCC(O)C(O)C1. The molecule has 2 N–H and O–H groups in total. The Labute approximate surface area is 53.3 Å². The Morgan fingerprint density at radius 2 is 2.00 bits per heavy atom. The second-order valence-corrected chi connectivity index (χ2v) is 2.42. The highest BCUT2D eigenvalue weighted by Gasteiger charge is 2.25. The number of ketones is 1. The fourth-order valence-corrected chi connectivity index (χ4v) is 0.973. The van der Waals surface area contributed by atoms with Gasteiger partial charge in [-0.05, 0) is 6.42 Å². The van der Waals surface area contributed by atoms with Crippen LogP contribution < -0.4 is 0 Å². The minimum atomic E-state index is -0.814. The van der Waals surface area contributed by atoms with Gasteiger partial charge in [-0.1, -0.05) is 0 Å². The van der Waals surface area contributed by atoms with Crippen LogP contribution in [-0.2, 0) is 4.79 Å². The van der Waals surface area contributed by atoms with Crippen molar-refractivity contribution in [2.24, 2.45) is 0 Å². The Morgan fingerprint density at radius 3 is 2.44 bits per heavy atom. The van der Waals surface area contributed by atoms with E-state index in [9.17, 15) is 4.79 Å². The fourth-order valence-electron chi connectivity index (χ4n) is 0.973. The minimum Gasteiger partial charge on any atom is -0.390 e. The summed E-state index contributed by atoms with van der Waals surface area (Å²) in [5, 5.41) is 17.8. The highest BCUT2D eigenvalue weighted by Crippen LogP contribution is 2.14. The molecule has 2 atom stereocenters. The van der Waals surface area contributed by atoms with Gasteiger partial charge in [-0.25, -0.2) is 0 Å². The standard InChI is InChI=1S/C6H10O3/c7-4-1-2-5(8)6(9)3-4/h5-6,8-9H,1-3H2. The molecule has 0 amide bonds. The van der Waals surface area contributed by atoms with Gasteiger partial charge in [0.2, 0.25) is 0 Å². The maximum Gasteiger partial charge on any atom is 0.135 e. The van der Waals surface area contributed by atoms with Crippen LogP contribution in [0.4, 0.5) is 0 Å². The molecule has 0 spiro atoms. The lowest BCUT2D eigenvalue weighted by molar-refractivity contribution is -0.127. The molecule has 9 heavy (non-hydrogen) atoms. The Balaban J connectivity index is 2.44. The summed E-state index contributed by atoms with van der Waals surface area (Å²) in [7, 11) is 0. The molecular weight excluding hydrogens is 120 g/mol. The van der Waals surface area contributed by atoms with Gasteiger partial charge in [0, 0.05) is 12.8 Å². The average Bonchev–Trinajstić information content (AvgIpc) is 1.80. The molecule has 0 aromatic heterocycles. The van der Waals surface area contributed by atoms with Crippen molar-refractivity contribution in [1.29, 1.82) is 0 Å². The Kier molecular flexibility index (Phi) is 1.83. The number of aliphatic hydroxyl groups excluding tert-OH is 2. The predicted octanol–water partition coefficient (Wildman–Crippen LogP) is -0.539. The first-order valence-electron chi connectivity index (χ1n) is 3.08. The molecule has 0 aliphatic heterocycles. The summed E-state index contributed by atoms with van der Waals surface area (Å²) in [5.74, 6) is 0.0489. The van der Waals surface area contributed by atoms with Crippen molar-refractivity contribution >= 4 is 5.78 Å². The summed E-state index contributed by atoms with van der Waals surface area (Å²) in [5.41, 5.74) is 0. The highest BCUT2D eigenvalue weighted by molar-refractivity contribution is 5.79. The zero-order valence-electron chi connectivity index (χ0n) is 5.08. The van der Waals surface area contributed by atoms with Crippen LogP contribution in [0.3, 0.4) is 0 Å². The molecule has 0 aromatic rings. The van der Waals surface area contributed by atoms with Crippen LogP contribution >= 0.6 is 0 Å². The van der Waals surface area contributed by atoms with Crippen molar-refractivity contribution in [2.75, 3.05) is 0 Å². The molecule has 1 saturated carbocycles. The lowest BCUT2D eigenvalue weighted by Crippen LogP contribution is -2.33. The molecule has 1 fully saturated rings. The third-order valence-electron chi connectivity index (χ3n) is 1.60. The number of aliphatic hydroxyl groups is 2. The zero-order valence-corrected chi connectivity index (χ0v) is 5.08. The number of hydrogen-bond acceptors (Lipinski definition) is 3. The molecule has 0 bridgehead atoms. The topological polar surface area (TPSA) is 57.5 Å². The average molecular weight is 130 g/mol. The van der Waals surface area contributed by atoms with E-state index in [1.165, 1.54) is 0 Å². The molecule has 0 heterocycles. The van der Waals surface area contributed by atoms with Crippen LogP contribution in [0, 0.1) is 0 Å². The van der Waals surface area contributed by atoms with Crippen LogP contribution in [-0.4, -0.2) is 28.2 Å². The van der Waals surface area contributed by atoms with Crippen LogP contribution in [0.5, 0.6) is 0 Å². The lowest BCUT2D eigenvalue weighted by atomic mass is 9.94. The monoisotopic (exact) mass is 130 g/mol. The summed E-state index contributed by atoms with van der Waals surface area (Å²) in [6, 6.07) is 0. The first-order chi connectivity index (χ1) is 4.20. The van der Waals surface area contributed by atoms with E-state index in [1.54, 1.807) is 0 Å². The molecule has 1 aliphatic carbocycles. The van der Waals surface area contributed by atoms with Gasteiger partial charge in [-0.15, -0.1) is 0 Å². The van der Waals surface area contributed by atoms with Crippen LogP contribution in [0.2, 0.25) is 0 Å². The number of hydrogen-bond donors (Lipinski definition) is 2. The Morgan fingerprint density at radius 1 is 1.33 bits per heavy atom. The van der Waals surface area contributed by atoms with E-state index in [0.717, 1.165) is 0 Å². The number of Topliss-reactive ketones (excluding diaryl/α,β-unsaturated/α-hetero) is 1. The van der Waals surface area contributed by atoms with Crippen molar-refractivity contribution in [2.45, 2.75) is 31.5 Å². The van der Waals surface area contributed by atoms with Gasteiger partial charge in [0.15, 0.2) is 0 Å². The van der Waals surface area contributed by atoms with Gasteiger partial charge in [-0.2, -0.15) is 0 Å². The van der Waals surface area contributed by atoms with Crippen molar-refractivity contribution in [1.82, 2.24) is 0 Å². The highest BCUT2D eigenvalue weighted by atomic mass is 16.3. The molecule has 3 heteroatoms. The Bertz CT molecular complexity index is 121. The first-order valence-corrected chi connectivity index (χ1v) is 3.08. The van der Waals surface area contributed by atoms with E-state index in [0.29, 0.717) is 12.8 Å². The fraction of sp³-hybridized carbons (Fsp3) is 0.833. The van der Waals surface area contributed by atoms with Crippen LogP contribution in [0.1, 0.15) is 19.3 Å². The normalized spacial score (nSPS) is 36.9. The van der Waals surface area contributed by atoms with Crippen molar-refractivity contribution in [3.05, 3.63) is 0 Å². The third kappa shape index (κ3) is 1.50. The number of carbonyl (C=O) groups excluding carboxylic acids is 1. The van der Waals surface area contributed by atoms with Crippen LogP contribution in [0.15, 0.2) is 0 Å². The van der Waals surface area contributed by atoms with E-state index in [4.69, 9.17) is 10.2 Å². The zero-order chi connectivity index (χ0) is 6.85. The van der Waals surface area contributed by atoms with Gasteiger partial charge in [0.1, 0.15) is 5.78 Å². The number of carbonyl (C=O) groups is 1. The minimum absolute atomic E-state index is 0.0489. The van der Waals surface area contributed by atoms with Gasteiger partial charge in [-0.3, -0.25) is 4.79 Å². The molecular formula is C6H10O3. The summed E-state index contributed by atoms with van der Waals surface area (Å²) in [4.78, 5) is 10.5. The second-order valence-electron chi connectivity index (χ2n) is 2.42. The van der Waals surface area contributed by atoms with Crippen molar-refractivity contribution in [3.63, 3.8) is 0 Å². The molecule has 0 aromatic carbocycles. The van der Waals surface area contributed by atoms with Gasteiger partial charge in [0.25, 0.3) is 0 Å². The molecule has 1 aliphatic rings. The van der Waals surface area contributed by atoms with E-state index in [2.05, 4.69) is 0 Å². The van der Waals surface area contributed by atoms with Gasteiger partial charge >= 0.3 is 0 Å². The summed E-state index contributed by atoms with van der Waals surface area (Å²) in [6.07, 6.45) is -0.534. The van der Waals surface area contributed by atoms with E-state index >= 15 is 0 Å². The van der Waals surface area contributed by atoms with E-state index in [-0.39, 0.29) is 12.2 Å². The lowest BCUT2D eigenvalue weighted by Gasteiger charge is -2.21. The van der Waals surface area contributed by atoms with Gasteiger partial charge in [0.05, 0.1) is 12.2 Å². The molecule has 52 valence electrons. The smallest absolute Gasteiger partial charge is 0.135 e. The second kappa shape index (κ2) is 2.45. The molecule has 0 radical (unpaired) electrons. The summed E-state index contributed by atoms with van der Waals surface area (Å²) >= 11 is 0. The van der Waals surface area contributed by atoms with Crippen LogP contribution in [0.25, 0.3) is 0 Å². The largest absolute Gasteiger partial charge is 0.390 e. The predicted molar refractivity (Wildman–Crippen MR) is 30.9 cm³/mol. The molecule has 3 nitrogen and oxygen atoms in total. The quantitative estimate of drug-likeness (QED) is 0.463. The number of rotatable bonds is 0. The molecule has 1 rings (SSSR count). The molecule has 2 unspecified atom stereocenters. The third-order valence-corrected chi connectivity index (χ3v) is 1.60. The van der Waals surface area contributed by atoms with Crippen molar-refractivity contribution < 1.29 is 15.0 Å². The summed E-state index contributed by atoms with van der Waals surface area (Å²) < 4.78 is 0. The van der Waals surface area contributed by atoms with Gasteiger partial charge < -0.3 is 10.2 Å². The van der Waals surface area contributed by atoms with E-state index < -0.39 is 12.2 Å². The molecule has 0 saturated heterocycles. The maximum absolute atomic E-state index is 10.5. The van der Waals surface area contributed by atoms with E-state index in [1.807, 2.05) is 0 Å².